The molecule has 0 bridgehead atoms. The van der Waals surface area contributed by atoms with Gasteiger partial charge in [0, 0.05) is 17.1 Å². The number of hydrogen-bond acceptors (Lipinski definition) is 1. The Balaban J connectivity index is 1.99. The van der Waals surface area contributed by atoms with Gasteiger partial charge in [0.15, 0.2) is 0 Å². The van der Waals surface area contributed by atoms with E-state index in [4.69, 9.17) is 11.6 Å². The molecule has 102 valence electrons. The molecule has 2 aromatic rings. The van der Waals surface area contributed by atoms with Gasteiger partial charge < -0.3 is 4.90 Å². The van der Waals surface area contributed by atoms with E-state index in [1.54, 1.807) is 0 Å². The van der Waals surface area contributed by atoms with Gasteiger partial charge in [0.2, 0.25) is 5.91 Å². The molecule has 0 radical (unpaired) electrons. The molecular weight excluding hydrogens is 270 g/mol. The van der Waals surface area contributed by atoms with Crippen LogP contribution in [0.15, 0.2) is 54.6 Å². The van der Waals surface area contributed by atoms with Crippen molar-refractivity contribution in [2.45, 2.75) is 25.3 Å². The molecule has 1 aliphatic heterocycles. The maximum absolute atomic E-state index is 12.4. The first-order valence-corrected chi connectivity index (χ1v) is 7.26. The highest BCUT2D eigenvalue weighted by Crippen LogP contribution is 2.35. The molecule has 1 heterocycles. The molecule has 1 unspecified atom stereocenters. The number of piperidine rings is 1. The summed E-state index contributed by atoms with van der Waals surface area (Å²) in [6, 6.07) is 17.9. The van der Waals surface area contributed by atoms with Gasteiger partial charge in [0.25, 0.3) is 0 Å². The summed E-state index contributed by atoms with van der Waals surface area (Å²) in [5, 5.41) is 0.689. The first kappa shape index (κ1) is 13.2. The lowest BCUT2D eigenvalue weighted by molar-refractivity contribution is -0.120. The van der Waals surface area contributed by atoms with Gasteiger partial charge in [-0.05, 0) is 42.7 Å². The van der Waals surface area contributed by atoms with Crippen molar-refractivity contribution in [1.82, 2.24) is 0 Å². The van der Waals surface area contributed by atoms with Gasteiger partial charge in [-0.1, -0.05) is 41.9 Å². The Kier molecular flexibility index (Phi) is 3.75. The molecule has 1 atom stereocenters. The lowest BCUT2D eigenvalue weighted by Crippen LogP contribution is -2.38. The molecule has 1 saturated heterocycles. The summed E-state index contributed by atoms with van der Waals surface area (Å²) in [5.74, 6) is 0.187. The molecule has 3 heteroatoms. The van der Waals surface area contributed by atoms with Crippen LogP contribution in [0.3, 0.4) is 0 Å². The minimum Gasteiger partial charge on any atom is -0.305 e. The van der Waals surface area contributed by atoms with Crippen LogP contribution < -0.4 is 4.90 Å². The van der Waals surface area contributed by atoms with Crippen molar-refractivity contribution in [2.75, 3.05) is 4.90 Å². The van der Waals surface area contributed by atoms with E-state index in [0.717, 1.165) is 18.5 Å². The quantitative estimate of drug-likeness (QED) is 0.790. The third-order valence-electron chi connectivity index (χ3n) is 3.74. The molecule has 3 rings (SSSR count). The SMILES string of the molecule is O=C1CCCC(c2ccccc2)N1c1ccc(Cl)cc1. The van der Waals surface area contributed by atoms with Crippen LogP contribution in [0.1, 0.15) is 30.9 Å². The van der Waals surface area contributed by atoms with Gasteiger partial charge in [-0.25, -0.2) is 0 Å². The smallest absolute Gasteiger partial charge is 0.227 e. The van der Waals surface area contributed by atoms with Gasteiger partial charge in [-0.15, -0.1) is 0 Å². The fraction of sp³-hybridized carbons (Fsp3) is 0.235. The largest absolute Gasteiger partial charge is 0.305 e. The molecule has 2 aromatic carbocycles. The number of hydrogen-bond donors (Lipinski definition) is 0. The Morgan fingerprint density at radius 2 is 1.70 bits per heavy atom. The molecule has 0 spiro atoms. The Morgan fingerprint density at radius 1 is 1.00 bits per heavy atom. The van der Waals surface area contributed by atoms with E-state index in [1.807, 2.05) is 47.4 Å². The van der Waals surface area contributed by atoms with Gasteiger partial charge in [-0.2, -0.15) is 0 Å². The fourth-order valence-electron chi connectivity index (χ4n) is 2.79. The number of carbonyl (C=O) groups excluding carboxylic acids is 1. The monoisotopic (exact) mass is 285 g/mol. The molecular formula is C17H16ClNO. The molecule has 2 nitrogen and oxygen atoms in total. The van der Waals surface area contributed by atoms with Crippen molar-refractivity contribution in [3.8, 4) is 0 Å². The zero-order valence-corrected chi connectivity index (χ0v) is 11.9. The number of nitrogens with zero attached hydrogens (tertiary/aromatic N) is 1. The average molecular weight is 286 g/mol. The molecule has 0 saturated carbocycles. The van der Waals surface area contributed by atoms with Crippen LogP contribution in [0, 0.1) is 0 Å². The van der Waals surface area contributed by atoms with Gasteiger partial charge >= 0.3 is 0 Å². The van der Waals surface area contributed by atoms with Crippen LogP contribution in [-0.4, -0.2) is 5.91 Å². The van der Waals surface area contributed by atoms with Crippen LogP contribution in [-0.2, 0) is 4.79 Å². The van der Waals surface area contributed by atoms with Crippen LogP contribution >= 0.6 is 11.6 Å². The van der Waals surface area contributed by atoms with Crippen molar-refractivity contribution in [3.63, 3.8) is 0 Å². The van der Waals surface area contributed by atoms with Crippen LogP contribution in [0.25, 0.3) is 0 Å². The molecule has 1 amide bonds. The van der Waals surface area contributed by atoms with Crippen molar-refractivity contribution in [3.05, 3.63) is 65.2 Å². The summed E-state index contributed by atoms with van der Waals surface area (Å²) in [6.07, 6.45) is 2.56. The molecule has 0 aliphatic carbocycles. The van der Waals surface area contributed by atoms with E-state index in [-0.39, 0.29) is 11.9 Å². The predicted molar refractivity (Wildman–Crippen MR) is 82.0 cm³/mol. The number of halogens is 1. The van der Waals surface area contributed by atoms with E-state index in [0.29, 0.717) is 11.4 Å². The number of benzene rings is 2. The maximum Gasteiger partial charge on any atom is 0.227 e. The molecule has 0 aromatic heterocycles. The van der Waals surface area contributed by atoms with Crippen LogP contribution in [0.5, 0.6) is 0 Å². The Labute approximate surface area is 124 Å². The third kappa shape index (κ3) is 2.56. The molecule has 0 N–H and O–H groups in total. The third-order valence-corrected chi connectivity index (χ3v) is 3.99. The molecule has 1 fully saturated rings. The van der Waals surface area contributed by atoms with Crippen LogP contribution in [0.4, 0.5) is 5.69 Å². The lowest BCUT2D eigenvalue weighted by atomic mass is 9.94. The predicted octanol–water partition coefficient (Wildman–Crippen LogP) is 4.60. The summed E-state index contributed by atoms with van der Waals surface area (Å²) < 4.78 is 0. The minimum atomic E-state index is 0.124. The average Bonchev–Trinajstić information content (AvgIpc) is 2.49. The van der Waals surface area contributed by atoms with E-state index in [1.165, 1.54) is 5.56 Å². The summed E-state index contributed by atoms with van der Waals surface area (Å²) in [6.45, 7) is 0. The van der Waals surface area contributed by atoms with Gasteiger partial charge in [0.1, 0.15) is 0 Å². The Morgan fingerprint density at radius 3 is 2.40 bits per heavy atom. The lowest BCUT2D eigenvalue weighted by Gasteiger charge is -2.36. The number of rotatable bonds is 2. The highest BCUT2D eigenvalue weighted by atomic mass is 35.5. The highest BCUT2D eigenvalue weighted by molar-refractivity contribution is 6.30. The first-order chi connectivity index (χ1) is 9.75. The first-order valence-electron chi connectivity index (χ1n) is 6.88. The second-order valence-electron chi connectivity index (χ2n) is 5.06. The fourth-order valence-corrected chi connectivity index (χ4v) is 2.91. The summed E-state index contributed by atoms with van der Waals surface area (Å²) in [7, 11) is 0. The van der Waals surface area contributed by atoms with Gasteiger partial charge in [0.05, 0.1) is 6.04 Å². The van der Waals surface area contributed by atoms with E-state index in [2.05, 4.69) is 12.1 Å². The molecule has 20 heavy (non-hydrogen) atoms. The van der Waals surface area contributed by atoms with Gasteiger partial charge in [-0.3, -0.25) is 4.79 Å². The van der Waals surface area contributed by atoms with E-state index in [9.17, 15) is 4.79 Å². The zero-order chi connectivity index (χ0) is 13.9. The maximum atomic E-state index is 12.4. The van der Waals surface area contributed by atoms with Crippen LogP contribution in [0.2, 0.25) is 5.02 Å². The van der Waals surface area contributed by atoms with E-state index < -0.39 is 0 Å². The standard InChI is InChI=1S/C17H16ClNO/c18-14-9-11-15(12-10-14)19-16(7-4-8-17(19)20)13-5-2-1-3-6-13/h1-3,5-6,9-12,16H,4,7-8H2. The minimum absolute atomic E-state index is 0.124. The number of amides is 1. The number of carbonyl (C=O) groups is 1. The van der Waals surface area contributed by atoms with Crippen molar-refractivity contribution < 1.29 is 4.79 Å². The van der Waals surface area contributed by atoms with Crippen molar-refractivity contribution in [1.29, 1.82) is 0 Å². The zero-order valence-electron chi connectivity index (χ0n) is 11.1. The molecule has 1 aliphatic rings. The summed E-state index contributed by atoms with van der Waals surface area (Å²) >= 11 is 5.94. The second kappa shape index (κ2) is 5.68. The van der Waals surface area contributed by atoms with E-state index >= 15 is 0 Å². The second-order valence-corrected chi connectivity index (χ2v) is 5.50. The summed E-state index contributed by atoms with van der Waals surface area (Å²) in [4.78, 5) is 14.3. The normalized spacial score (nSPS) is 19.1. The summed E-state index contributed by atoms with van der Waals surface area (Å²) in [5.41, 5.74) is 2.11. The topological polar surface area (TPSA) is 20.3 Å². The Bertz CT molecular complexity index is 594. The highest BCUT2D eigenvalue weighted by Gasteiger charge is 2.30. The van der Waals surface area contributed by atoms with Crippen molar-refractivity contribution >= 4 is 23.2 Å². The number of anilines is 1. The Hall–Kier alpha value is -1.80. The van der Waals surface area contributed by atoms with Crippen molar-refractivity contribution in [2.24, 2.45) is 0 Å².